The third-order valence-corrected chi connectivity index (χ3v) is 37.2. The molecule has 0 amide bonds. The lowest BCUT2D eigenvalue weighted by Crippen LogP contribution is -2.62. The first-order valence-electron chi connectivity index (χ1n) is 52.4. The zero-order valence-electron chi connectivity index (χ0n) is 86.4. The van der Waals surface area contributed by atoms with Gasteiger partial charge in [0.05, 0.1) is 0 Å². The van der Waals surface area contributed by atoms with Crippen molar-refractivity contribution in [2.75, 3.05) is 29.4 Å². The Hall–Kier alpha value is -13.3. The van der Waals surface area contributed by atoms with Crippen LogP contribution >= 0.6 is 11.3 Å². The van der Waals surface area contributed by atoms with Crippen LogP contribution in [0.1, 0.15) is 243 Å². The summed E-state index contributed by atoms with van der Waals surface area (Å²) in [6.45, 7) is 49.2. The molecule has 26 rings (SSSR count). The minimum absolute atomic E-state index is 0.00874. The standard InChI is InChI=1S/C133H128B2N6S/c1-81-66-117-123-119(68-81)140(91-46-52-101-103(73-91)127(7,8)60-58-125(101,3)4)115-79-107-105(129(11,12)62-64-131(107,15)16)77-111(115)134(123)109-55-49-94(76-113(109)138(117)89-45-51-100-96(71-89)95-38-30-31-39-99(95)133(100,19)20)137(87-36-28-23-29-37-87)88-43-40-83(41-44-88)84-42-56-121-97(70-84)98-72-90(50-57-122(98)142-121)139-114-75-93(136(85-32-24-21-25-33-85)86-34-26-22-27-35-86)48-54-110(114)135-112-78-106-108(132(17,18)65-63-130(106,13)14)80-116(112)141(120-69-82(2)67-118(139)124(120)135)92-47-53-102-104(74-92)128(9,10)61-59-126(102,5)6/h21-57,66-80H,58-65H2,1-20H3. The summed E-state index contributed by atoms with van der Waals surface area (Å²) < 4.78 is 2.53. The predicted octanol–water partition coefficient (Wildman–Crippen LogP) is 33.1. The number of thiophene rings is 1. The average Bonchev–Trinajstić information content (AvgIpc) is 0.835. The molecule has 4 aliphatic heterocycles. The minimum Gasteiger partial charge on any atom is -0.311 e. The number of fused-ring (bicyclic) bond motifs is 18. The Morgan fingerprint density at radius 1 is 0.225 bits per heavy atom. The summed E-state index contributed by atoms with van der Waals surface area (Å²) >= 11 is 1.90. The van der Waals surface area contributed by atoms with E-state index in [1.807, 2.05) is 11.3 Å². The normalized spacial score (nSPS) is 18.2. The van der Waals surface area contributed by atoms with Crippen LogP contribution in [0, 0.1) is 13.8 Å². The summed E-state index contributed by atoms with van der Waals surface area (Å²) in [5, 5.41) is 2.50. The summed E-state index contributed by atoms with van der Waals surface area (Å²) in [6.07, 6.45) is 9.16. The maximum Gasteiger partial charge on any atom is 0.252 e. The average molecular weight is 1860 g/mol. The van der Waals surface area contributed by atoms with Crippen molar-refractivity contribution in [3.63, 3.8) is 0 Å². The van der Waals surface area contributed by atoms with E-state index >= 15 is 0 Å². The zero-order chi connectivity index (χ0) is 97.7. The first kappa shape index (κ1) is 88.8. The molecule has 5 heterocycles. The molecule has 0 saturated heterocycles. The monoisotopic (exact) mass is 1860 g/mol. The number of rotatable bonds is 11. The Labute approximate surface area is 846 Å². The van der Waals surface area contributed by atoms with E-state index in [0.29, 0.717) is 0 Å². The fourth-order valence-corrected chi connectivity index (χ4v) is 28.6. The minimum atomic E-state index is -0.163. The van der Waals surface area contributed by atoms with Gasteiger partial charge in [0, 0.05) is 128 Å². The second-order valence-corrected chi connectivity index (χ2v) is 50.3. The molecule has 17 aromatic rings. The molecule has 0 N–H and O–H groups in total. The van der Waals surface area contributed by atoms with Crippen molar-refractivity contribution >= 4 is 180 Å². The van der Waals surface area contributed by atoms with Gasteiger partial charge >= 0.3 is 0 Å². The molecule has 0 spiro atoms. The van der Waals surface area contributed by atoms with Gasteiger partial charge in [-0.1, -0.05) is 264 Å². The molecule has 9 heteroatoms. The summed E-state index contributed by atoms with van der Waals surface area (Å²) in [7, 11) is 0. The number of benzene rings is 16. The summed E-state index contributed by atoms with van der Waals surface area (Å²) in [5.41, 5.74) is 51.3. The van der Waals surface area contributed by atoms with Crippen LogP contribution in [0.3, 0.4) is 0 Å². The van der Waals surface area contributed by atoms with E-state index in [2.05, 4.69) is 483 Å². The van der Waals surface area contributed by atoms with Crippen molar-refractivity contribution < 1.29 is 0 Å². The molecule has 1 aromatic heterocycles. The lowest BCUT2D eigenvalue weighted by molar-refractivity contribution is 0.332. The molecular weight excluding hydrogens is 1740 g/mol. The number of hydrogen-bond donors (Lipinski definition) is 0. The number of aryl methyl sites for hydroxylation is 2. The Bertz CT molecular complexity index is 8170. The topological polar surface area (TPSA) is 19.4 Å². The summed E-state index contributed by atoms with van der Waals surface area (Å²) in [4.78, 5) is 15.7. The van der Waals surface area contributed by atoms with Gasteiger partial charge in [-0.25, -0.2) is 0 Å². The van der Waals surface area contributed by atoms with Gasteiger partial charge < -0.3 is 29.4 Å². The molecule has 0 bridgehead atoms. The third kappa shape index (κ3) is 13.4. The highest BCUT2D eigenvalue weighted by Gasteiger charge is 2.52. The Kier molecular flexibility index (Phi) is 19.3. The van der Waals surface area contributed by atoms with Gasteiger partial charge in [0.25, 0.3) is 13.4 Å². The van der Waals surface area contributed by atoms with Crippen molar-refractivity contribution in [3.05, 3.63) is 382 Å². The largest absolute Gasteiger partial charge is 0.311 e. The van der Waals surface area contributed by atoms with E-state index in [9.17, 15) is 0 Å². The second kappa shape index (κ2) is 30.9. The molecule has 0 saturated carbocycles. The molecule has 16 aromatic carbocycles. The number of anilines is 18. The predicted molar refractivity (Wildman–Crippen MR) is 610 cm³/mol. The van der Waals surface area contributed by atoms with Crippen LogP contribution < -0.4 is 62.2 Å². The lowest BCUT2D eigenvalue weighted by atomic mass is 9.33. The van der Waals surface area contributed by atoms with E-state index in [1.165, 1.54) is 206 Å². The van der Waals surface area contributed by atoms with Crippen LogP contribution in [0.15, 0.2) is 315 Å². The van der Waals surface area contributed by atoms with Gasteiger partial charge in [-0.15, -0.1) is 11.3 Å². The number of para-hydroxylation sites is 3. The highest BCUT2D eigenvalue weighted by Crippen LogP contribution is 2.60. The maximum absolute atomic E-state index is 2.72. The van der Waals surface area contributed by atoms with Crippen LogP contribution in [-0.4, -0.2) is 13.4 Å². The first-order valence-corrected chi connectivity index (χ1v) is 53.2. The molecule has 142 heavy (non-hydrogen) atoms. The van der Waals surface area contributed by atoms with Crippen molar-refractivity contribution in [1.82, 2.24) is 0 Å². The molecule has 0 radical (unpaired) electrons. The van der Waals surface area contributed by atoms with E-state index in [0.717, 1.165) is 89.6 Å². The van der Waals surface area contributed by atoms with Crippen molar-refractivity contribution in [2.24, 2.45) is 0 Å². The van der Waals surface area contributed by atoms with Gasteiger partial charge in [0.15, 0.2) is 0 Å². The van der Waals surface area contributed by atoms with Crippen LogP contribution in [0.5, 0.6) is 0 Å². The van der Waals surface area contributed by atoms with Gasteiger partial charge in [0.2, 0.25) is 0 Å². The fourth-order valence-electron chi connectivity index (χ4n) is 27.5. The van der Waals surface area contributed by atoms with Gasteiger partial charge in [-0.05, 0) is 406 Å². The van der Waals surface area contributed by atoms with E-state index in [4.69, 9.17) is 0 Å². The second-order valence-electron chi connectivity index (χ2n) is 49.2. The molecule has 0 fully saturated rings. The number of hydrogen-bond acceptors (Lipinski definition) is 7. The molecule has 702 valence electrons. The number of nitrogens with zero attached hydrogens (tertiary/aromatic N) is 6. The Balaban J connectivity index is 0.630. The van der Waals surface area contributed by atoms with Crippen molar-refractivity contribution in [2.45, 2.75) is 239 Å². The van der Waals surface area contributed by atoms with E-state index in [-0.39, 0.29) is 62.2 Å². The van der Waals surface area contributed by atoms with Crippen LogP contribution in [0.25, 0.3) is 42.4 Å². The smallest absolute Gasteiger partial charge is 0.252 e. The fraction of sp³-hybridized carbons (Fsp3) is 0.278. The molecule has 0 unspecified atom stereocenters. The lowest BCUT2D eigenvalue weighted by Gasteiger charge is -2.48. The molecule has 5 aliphatic carbocycles. The Morgan fingerprint density at radius 3 is 0.958 bits per heavy atom. The van der Waals surface area contributed by atoms with Crippen LogP contribution in [-0.2, 0) is 48.7 Å². The molecule has 9 aliphatic rings. The summed E-state index contributed by atoms with van der Waals surface area (Å²) in [5.74, 6) is 0. The van der Waals surface area contributed by atoms with Crippen LogP contribution in [0.4, 0.5) is 102 Å². The van der Waals surface area contributed by atoms with Crippen molar-refractivity contribution in [3.8, 4) is 22.3 Å². The third-order valence-electron chi connectivity index (χ3n) is 36.1. The quantitative estimate of drug-likeness (QED) is 0.119. The van der Waals surface area contributed by atoms with Crippen molar-refractivity contribution in [1.29, 1.82) is 0 Å². The SMILES string of the molecule is Cc1cc2c3c(c1)N(c1ccc4c(c1)C(C)(C)CCC4(C)C)c1cc4c(cc1B3c1ccc(N(c3ccccc3)c3ccc(-c5ccc6sc7ccc(N8c9cc(N(c%10ccccc%10)c%10ccccc%10)ccc9B9c%10cc%11c(cc%10N(c%10ccc%12c(c%10)C(C)(C)CCC%12(C)C)c%10cc(C)cc8c%109)C(C)(C)CCC%11(C)C)cc7c6c5)cc3)cc1N2c1ccc2c(c1)-c1ccccc1C2(C)C)C(C)(C)CCC4(C)C. The molecule has 0 atom stereocenters. The highest BCUT2D eigenvalue weighted by atomic mass is 32.1. The van der Waals surface area contributed by atoms with E-state index < -0.39 is 0 Å². The maximum atomic E-state index is 2.72. The molecule has 6 nitrogen and oxygen atoms in total. The first-order chi connectivity index (χ1) is 67.9. The highest BCUT2D eigenvalue weighted by molar-refractivity contribution is 7.25. The van der Waals surface area contributed by atoms with Gasteiger partial charge in [0.1, 0.15) is 0 Å². The van der Waals surface area contributed by atoms with Gasteiger partial charge in [-0.3, -0.25) is 0 Å². The van der Waals surface area contributed by atoms with E-state index in [1.54, 1.807) is 0 Å². The Morgan fingerprint density at radius 2 is 0.535 bits per heavy atom. The molecular formula is C133H128B2N6S. The van der Waals surface area contributed by atoms with Crippen LogP contribution in [0.2, 0.25) is 0 Å². The summed E-state index contributed by atoms with van der Waals surface area (Å²) in [6, 6.07) is 125. The zero-order valence-corrected chi connectivity index (χ0v) is 87.2. The van der Waals surface area contributed by atoms with Gasteiger partial charge in [-0.2, -0.15) is 0 Å².